The predicted molar refractivity (Wildman–Crippen MR) is 72.5 cm³/mol. The quantitative estimate of drug-likeness (QED) is 0.496. The van der Waals surface area contributed by atoms with Gasteiger partial charge < -0.3 is 28.4 Å². The molecule has 0 aliphatic heterocycles. The zero-order valence-corrected chi connectivity index (χ0v) is 15.6. The second kappa shape index (κ2) is 24.1. The third kappa shape index (κ3) is 54.8. The van der Waals surface area contributed by atoms with Crippen LogP contribution in [0.1, 0.15) is 40.0 Å². The maximum Gasteiger partial charge on any atom is 3.00 e. The molecular weight excluding hydrogens is 353 g/mol. The number of hydrogen-bond acceptors (Lipinski definition) is 6. The molecule has 0 aromatic carbocycles. The minimum absolute atomic E-state index is 0. The molecule has 19 heavy (non-hydrogen) atoms. The fourth-order valence-corrected chi connectivity index (χ4v) is 1.84. The first-order valence-electron chi connectivity index (χ1n) is 5.91. The van der Waals surface area contributed by atoms with Gasteiger partial charge in [-0.1, -0.05) is 40.0 Å². The molecule has 0 spiro atoms. The van der Waals surface area contributed by atoms with Crippen molar-refractivity contribution in [2.45, 2.75) is 40.0 Å². The van der Waals surface area contributed by atoms with Crippen LogP contribution in [0, 0.1) is 0 Å². The van der Waals surface area contributed by atoms with Crippen molar-refractivity contribution in [3.8, 4) is 0 Å². The molecule has 0 N–H and O–H groups in total. The van der Waals surface area contributed by atoms with Crippen molar-refractivity contribution in [1.29, 1.82) is 0 Å². The second-order valence-electron chi connectivity index (χ2n) is 3.37. The molecule has 0 rings (SSSR count). The van der Waals surface area contributed by atoms with Crippen LogP contribution in [0.25, 0.3) is 0 Å². The molecular formula is C9H24FeO6P3. The molecule has 0 aliphatic rings. The van der Waals surface area contributed by atoms with Crippen molar-refractivity contribution in [3.63, 3.8) is 0 Å². The Kier molecular flexibility index (Phi) is 35.9. The van der Waals surface area contributed by atoms with Crippen LogP contribution in [0.5, 0.6) is 0 Å². The second-order valence-corrected chi connectivity index (χ2v) is 7.10. The van der Waals surface area contributed by atoms with E-state index in [9.17, 15) is 28.4 Å². The molecule has 10 heteroatoms. The fraction of sp³-hybridized carbons (Fsp3) is 1.00. The summed E-state index contributed by atoms with van der Waals surface area (Å²) < 4.78 is 29.0. The van der Waals surface area contributed by atoms with Gasteiger partial charge in [0.05, 0.1) is 0 Å². The zero-order chi connectivity index (χ0) is 15.0. The molecule has 119 valence electrons. The van der Waals surface area contributed by atoms with Crippen molar-refractivity contribution < 1.29 is 45.4 Å². The van der Waals surface area contributed by atoms with E-state index in [1.165, 1.54) is 0 Å². The molecule has 0 fully saturated rings. The van der Waals surface area contributed by atoms with Crippen LogP contribution in [-0.4, -0.2) is 18.5 Å². The Morgan fingerprint density at radius 2 is 0.789 bits per heavy atom. The predicted octanol–water partition coefficient (Wildman–Crippen LogP) is 0.692. The third-order valence-corrected chi connectivity index (χ3v) is 4.09. The van der Waals surface area contributed by atoms with Crippen LogP contribution in [0.4, 0.5) is 0 Å². The van der Waals surface area contributed by atoms with E-state index in [-0.39, 0.29) is 17.1 Å². The van der Waals surface area contributed by atoms with Crippen LogP contribution >= 0.6 is 24.1 Å². The van der Waals surface area contributed by atoms with Crippen molar-refractivity contribution in [3.05, 3.63) is 0 Å². The molecule has 6 nitrogen and oxygen atoms in total. The van der Waals surface area contributed by atoms with Crippen molar-refractivity contribution in [1.82, 2.24) is 0 Å². The van der Waals surface area contributed by atoms with E-state index in [0.717, 1.165) is 19.3 Å². The van der Waals surface area contributed by atoms with Crippen molar-refractivity contribution in [2.75, 3.05) is 18.5 Å². The normalized spacial score (nSPS) is 13.6. The Morgan fingerprint density at radius 3 is 0.789 bits per heavy atom. The van der Waals surface area contributed by atoms with Gasteiger partial charge in [-0.15, -0.1) is 0 Å². The minimum Gasteiger partial charge on any atom is -0.802 e. The van der Waals surface area contributed by atoms with Gasteiger partial charge in [0.2, 0.25) is 0 Å². The number of rotatable bonds is 6. The van der Waals surface area contributed by atoms with Gasteiger partial charge >= 0.3 is 17.1 Å². The van der Waals surface area contributed by atoms with Gasteiger partial charge in [0.1, 0.15) is 0 Å². The Hall–Kier alpha value is 1.09. The van der Waals surface area contributed by atoms with Crippen molar-refractivity contribution in [2.24, 2.45) is 0 Å². The maximum absolute atomic E-state index is 9.67. The van der Waals surface area contributed by atoms with E-state index in [1.807, 2.05) is 20.8 Å². The van der Waals surface area contributed by atoms with E-state index in [0.29, 0.717) is 18.5 Å². The van der Waals surface area contributed by atoms with Crippen LogP contribution < -0.4 is 14.7 Å². The van der Waals surface area contributed by atoms with E-state index in [4.69, 9.17) is 0 Å². The molecule has 3 atom stereocenters. The molecule has 3 unspecified atom stereocenters. The largest absolute Gasteiger partial charge is 3.00 e. The average Bonchev–Trinajstić information content (AvgIpc) is 2.18. The Morgan fingerprint density at radius 1 is 0.632 bits per heavy atom. The summed E-state index contributed by atoms with van der Waals surface area (Å²) in [5, 5.41) is 0. The van der Waals surface area contributed by atoms with Crippen LogP contribution in [0.15, 0.2) is 0 Å². The van der Waals surface area contributed by atoms with E-state index in [2.05, 4.69) is 0 Å². The van der Waals surface area contributed by atoms with Gasteiger partial charge in [-0.2, -0.15) is 0 Å². The SMILES string of the molecule is CCC[PH](=O)[O-].CCC[PH](=O)[O-].CCC[PH](=O)[O-].[Fe+3]. The number of hydrogen-bond donors (Lipinski definition) is 0. The minimum atomic E-state index is -2.39. The molecule has 1 radical (unpaired) electrons. The Bertz CT molecular complexity index is 202. The van der Waals surface area contributed by atoms with E-state index in [1.54, 1.807) is 0 Å². The summed E-state index contributed by atoms with van der Waals surface area (Å²) in [6, 6.07) is 0. The summed E-state index contributed by atoms with van der Waals surface area (Å²) in [5.41, 5.74) is 0. The first-order valence-corrected chi connectivity index (χ1v) is 10.5. The fourth-order valence-electron chi connectivity index (χ4n) is 0.612. The first-order chi connectivity index (χ1) is 8.31. The summed E-state index contributed by atoms with van der Waals surface area (Å²) in [5.74, 6) is 0. The molecule has 0 heterocycles. The average molecular weight is 377 g/mol. The Balaban J connectivity index is -0.0000000865. The molecule has 0 aromatic rings. The molecule has 0 bridgehead atoms. The van der Waals surface area contributed by atoms with Gasteiger partial charge in [0, 0.05) is 24.1 Å². The standard InChI is InChI=1S/3C3H9O2P.Fe/c3*1-2-3-6(4)5;/h3*6H,2-3H2,1H3,(H,4,5);/q;;;+3/p-3. The maximum atomic E-state index is 9.67. The summed E-state index contributed by atoms with van der Waals surface area (Å²) in [7, 11) is -7.16. The topological polar surface area (TPSA) is 120 Å². The molecule has 0 amide bonds. The molecule has 0 aliphatic carbocycles. The monoisotopic (exact) mass is 377 g/mol. The van der Waals surface area contributed by atoms with Gasteiger partial charge in [-0.25, -0.2) is 0 Å². The summed E-state index contributed by atoms with van der Waals surface area (Å²) in [6.07, 6.45) is 3.35. The Labute approximate surface area is 128 Å². The van der Waals surface area contributed by atoms with E-state index >= 15 is 0 Å². The van der Waals surface area contributed by atoms with Crippen molar-refractivity contribution >= 4 is 24.1 Å². The van der Waals surface area contributed by atoms with Crippen LogP contribution in [0.3, 0.4) is 0 Å². The van der Waals surface area contributed by atoms with Gasteiger partial charge in [0.15, 0.2) is 0 Å². The third-order valence-electron chi connectivity index (χ3n) is 1.36. The summed E-state index contributed by atoms with van der Waals surface area (Å²) in [6.45, 7) is 5.54. The first kappa shape index (κ1) is 28.3. The summed E-state index contributed by atoms with van der Waals surface area (Å²) >= 11 is 0. The molecule has 0 saturated heterocycles. The van der Waals surface area contributed by atoms with Gasteiger partial charge in [-0.05, 0) is 18.5 Å². The molecule has 0 aromatic heterocycles. The van der Waals surface area contributed by atoms with Crippen LogP contribution in [0.2, 0.25) is 0 Å². The zero-order valence-electron chi connectivity index (χ0n) is 11.5. The van der Waals surface area contributed by atoms with E-state index < -0.39 is 24.1 Å². The van der Waals surface area contributed by atoms with Gasteiger partial charge in [-0.3, -0.25) is 0 Å². The van der Waals surface area contributed by atoms with Crippen LogP contribution in [-0.2, 0) is 30.8 Å². The summed E-state index contributed by atoms with van der Waals surface area (Å²) in [4.78, 5) is 29.0. The molecule has 0 saturated carbocycles. The smallest absolute Gasteiger partial charge is 0.802 e. The van der Waals surface area contributed by atoms with Gasteiger partial charge in [0.25, 0.3) is 0 Å².